The van der Waals surface area contributed by atoms with Crippen molar-refractivity contribution in [3.63, 3.8) is 0 Å². The van der Waals surface area contributed by atoms with Gasteiger partial charge in [-0.1, -0.05) is 11.8 Å². The first-order chi connectivity index (χ1) is 45.3. The minimum absolute atomic E-state index is 0.0140. The van der Waals surface area contributed by atoms with Crippen LogP contribution in [0.2, 0.25) is 0 Å². The highest BCUT2D eigenvalue weighted by atomic mass is 19.4. The Balaban J connectivity index is 0.770. The van der Waals surface area contributed by atoms with Gasteiger partial charge in [0.25, 0.3) is 6.07 Å². The summed E-state index contributed by atoms with van der Waals surface area (Å²) < 4.78 is 105. The minimum atomic E-state index is -4.76. The van der Waals surface area contributed by atoms with Gasteiger partial charge in [-0.2, -0.15) is 42.1 Å². The number of nitrogens with one attached hydrogen (secondary N) is 2. The van der Waals surface area contributed by atoms with E-state index in [4.69, 9.17) is 23.6 Å². The summed E-state index contributed by atoms with van der Waals surface area (Å²) in [5.74, 6) is 1.54. The Morgan fingerprint density at radius 2 is 1.26 bits per heavy atom. The molecular formula is C68H59F6N18O2+. The molecule has 2 aliphatic heterocycles. The standard InChI is InChI=1S/C68H59F6N18O2/c1-40-5-3-19-90(33-40)34-43-23-51(67(69,70)71)59-53(25-43)85-64(94-59)56-28-46(49-21-41(31-76)6-8-47(49)61-87-80-38-89(61)2)30-58(83-56)86-66(12-13-66)14-18-78-37-92-39-81-88-62(92)48-9-7-42(32-77)22-50(48)45-27-55(82-57(29-45)79-17-4-16-75)63-84-54-26-44(24-52(60(54)93-63)68(72,73)74)35-91-20-15-65(36-91)10-11-65/h6-9,21-30,38-40H,3-5,10-15,17,19-20,33-37H2,1-2H3,(H,79,82)(H,83,86)/q+1/t40-/m0/s1. The maximum Gasteiger partial charge on any atom is 0.420 e. The number of likely N-dealkylation sites (tertiary alicyclic amines) is 2. The van der Waals surface area contributed by atoms with Crippen molar-refractivity contribution in [1.29, 1.82) is 15.8 Å². The van der Waals surface area contributed by atoms with Gasteiger partial charge in [-0.05, 0) is 188 Å². The molecule has 4 fully saturated rings. The largest absolute Gasteiger partial charge is 0.434 e. The first-order valence-electron chi connectivity index (χ1n) is 30.9. The number of rotatable bonds is 17. The van der Waals surface area contributed by atoms with Gasteiger partial charge in [0.1, 0.15) is 64.3 Å². The summed E-state index contributed by atoms with van der Waals surface area (Å²) in [6, 6.07) is 32.1. The summed E-state index contributed by atoms with van der Waals surface area (Å²) in [4.78, 5) is 28.0. The van der Waals surface area contributed by atoms with Crippen LogP contribution in [-0.2, 0) is 39.2 Å². The van der Waals surface area contributed by atoms with E-state index in [-0.39, 0.29) is 77.1 Å². The lowest BCUT2D eigenvalue weighted by molar-refractivity contribution is -0.137. The van der Waals surface area contributed by atoms with Crippen LogP contribution in [0.3, 0.4) is 0 Å². The lowest BCUT2D eigenvalue weighted by Gasteiger charge is -2.30. The molecule has 2 aliphatic carbocycles. The average Bonchev–Trinajstić information content (AvgIpc) is 1.52. The lowest BCUT2D eigenvalue weighted by atomic mass is 9.96. The van der Waals surface area contributed by atoms with Crippen LogP contribution in [0.1, 0.15) is 98.1 Å². The van der Waals surface area contributed by atoms with Gasteiger partial charge in [0.2, 0.25) is 11.8 Å². The van der Waals surface area contributed by atoms with Gasteiger partial charge in [-0.15, -0.1) is 20.4 Å². The first kappa shape index (κ1) is 61.0. The second-order valence-electron chi connectivity index (χ2n) is 25.2. The lowest BCUT2D eigenvalue weighted by Crippen LogP contribution is -2.33. The molecule has 2 saturated carbocycles. The van der Waals surface area contributed by atoms with E-state index in [0.717, 1.165) is 70.4 Å². The molecule has 2 N–H and O–H groups in total. The van der Waals surface area contributed by atoms with Crippen LogP contribution in [-0.4, -0.2) is 97.5 Å². The van der Waals surface area contributed by atoms with Crippen molar-refractivity contribution in [2.45, 2.75) is 102 Å². The second-order valence-corrected chi connectivity index (χ2v) is 25.2. The van der Waals surface area contributed by atoms with Crippen molar-refractivity contribution in [1.82, 2.24) is 59.3 Å². The number of anilines is 2. The SMILES string of the molecule is C[C@H]1CCCN(Cc2cc(C(F)(F)F)c3oc(-c4cc(-c5cc(C#N)ccc5-c5nncn5C)cc(NC5(CC#[N+]Cn6cnnc6-c6ccc(C#N)cc6-c6cc(NCCC#N)nc(-c7nc8cc(CN9CCC%10(CC%10)C9)cc(C(F)(F)F)c8o7)c6)CC5)n4)nc3c2)C1. The van der Waals surface area contributed by atoms with Gasteiger partial charge in [0.05, 0.1) is 41.3 Å². The highest BCUT2D eigenvalue weighted by Gasteiger charge is 2.48. The van der Waals surface area contributed by atoms with Gasteiger partial charge in [0.15, 0.2) is 22.8 Å². The molecule has 2 saturated heterocycles. The Morgan fingerprint density at radius 1 is 0.660 bits per heavy atom. The normalized spacial score (nSPS) is 16.8. The Morgan fingerprint density at radius 3 is 1.82 bits per heavy atom. The number of hydrogen-bond acceptors (Lipinski definition) is 17. The Kier molecular flexibility index (Phi) is 15.7. The van der Waals surface area contributed by atoms with Crippen LogP contribution in [0.15, 0.2) is 106 Å². The van der Waals surface area contributed by atoms with Crippen LogP contribution in [0.4, 0.5) is 38.0 Å². The van der Waals surface area contributed by atoms with E-state index in [1.807, 2.05) is 0 Å². The first-order valence-corrected chi connectivity index (χ1v) is 30.9. The van der Waals surface area contributed by atoms with Crippen molar-refractivity contribution in [2.75, 3.05) is 43.4 Å². The predicted octanol–water partition coefficient (Wildman–Crippen LogP) is 14.1. The average molecular weight is 1270 g/mol. The number of pyridine rings is 2. The van der Waals surface area contributed by atoms with Crippen LogP contribution in [0.5, 0.6) is 0 Å². The zero-order chi connectivity index (χ0) is 65.1. The molecule has 1 spiro atoms. The summed E-state index contributed by atoms with van der Waals surface area (Å²) in [6.45, 7) is 6.17. The van der Waals surface area contributed by atoms with Crippen molar-refractivity contribution in [2.24, 2.45) is 18.4 Å². The van der Waals surface area contributed by atoms with E-state index in [1.54, 1.807) is 95.3 Å². The van der Waals surface area contributed by atoms with Gasteiger partial charge in [0, 0.05) is 50.9 Å². The van der Waals surface area contributed by atoms with Crippen molar-refractivity contribution >= 4 is 33.8 Å². The molecule has 14 rings (SSSR count). The number of hydrogen-bond donors (Lipinski definition) is 2. The van der Waals surface area contributed by atoms with Gasteiger partial charge >= 0.3 is 19.0 Å². The summed E-state index contributed by atoms with van der Waals surface area (Å²) in [5, 5.41) is 53.6. The number of aromatic nitrogens is 10. The summed E-state index contributed by atoms with van der Waals surface area (Å²) in [7, 11) is 1.78. The van der Waals surface area contributed by atoms with Crippen LogP contribution >= 0.6 is 0 Å². The topological polar surface area (TPSA) is 246 Å². The number of fused-ring (bicyclic) bond motifs is 2. The van der Waals surface area contributed by atoms with E-state index in [1.165, 1.54) is 6.33 Å². The molecule has 6 aromatic heterocycles. The number of aryl methyl sites for hydroxylation is 1. The number of benzene rings is 4. The predicted molar refractivity (Wildman–Crippen MR) is 335 cm³/mol. The molecule has 0 unspecified atom stereocenters. The summed E-state index contributed by atoms with van der Waals surface area (Å²) in [6.07, 6.45) is 0.566. The molecule has 8 heterocycles. The van der Waals surface area contributed by atoms with E-state index in [9.17, 15) is 42.1 Å². The van der Waals surface area contributed by atoms with Crippen LogP contribution in [0.25, 0.3) is 95.2 Å². The van der Waals surface area contributed by atoms with Crippen LogP contribution < -0.4 is 10.6 Å². The molecule has 0 amide bonds. The van der Waals surface area contributed by atoms with Gasteiger partial charge in [-0.25, -0.2) is 24.5 Å². The Hall–Kier alpha value is -10.5. The fourth-order valence-corrected chi connectivity index (χ4v) is 13.0. The quantitative estimate of drug-likeness (QED) is 0.0635. The van der Waals surface area contributed by atoms with Crippen molar-refractivity contribution in [3.8, 4) is 92.5 Å². The maximum absolute atomic E-state index is 15.0. The number of halogens is 6. The molecule has 0 radical (unpaired) electrons. The Bertz CT molecular complexity index is 4810. The van der Waals surface area contributed by atoms with Crippen LogP contribution in [0, 0.1) is 51.4 Å². The number of alkyl halides is 6. The van der Waals surface area contributed by atoms with E-state index in [2.05, 4.69) is 82.0 Å². The third-order valence-corrected chi connectivity index (χ3v) is 18.1. The van der Waals surface area contributed by atoms with E-state index in [0.29, 0.717) is 99.4 Å². The molecule has 4 aromatic carbocycles. The summed E-state index contributed by atoms with van der Waals surface area (Å²) >= 11 is 0. The molecular weight excluding hydrogens is 1210 g/mol. The number of oxazole rings is 2. The number of nitrogens with zero attached hydrogens (tertiary/aromatic N) is 16. The molecule has 10 aromatic rings. The van der Waals surface area contributed by atoms with Crippen molar-refractivity contribution in [3.05, 3.63) is 136 Å². The number of nitriles is 3. The van der Waals surface area contributed by atoms with Gasteiger partial charge in [-0.3, -0.25) is 9.80 Å². The Labute approximate surface area is 534 Å². The monoisotopic (exact) mass is 1270 g/mol. The zero-order valence-corrected chi connectivity index (χ0v) is 51.1. The third-order valence-electron chi connectivity index (χ3n) is 18.1. The third kappa shape index (κ3) is 12.6. The van der Waals surface area contributed by atoms with E-state index >= 15 is 0 Å². The van der Waals surface area contributed by atoms with E-state index < -0.39 is 40.2 Å². The highest BCUT2D eigenvalue weighted by molar-refractivity contribution is 5.88. The molecule has 94 heavy (non-hydrogen) atoms. The number of piperidine rings is 1. The molecule has 26 heteroatoms. The smallest absolute Gasteiger partial charge is 0.420 e. The molecule has 1 atom stereocenters. The molecule has 4 aliphatic rings. The van der Waals surface area contributed by atoms with Gasteiger partial charge < -0.3 is 24.0 Å². The second kappa shape index (κ2) is 24.2. The van der Waals surface area contributed by atoms with Crippen molar-refractivity contribution < 1.29 is 35.2 Å². The zero-order valence-electron chi connectivity index (χ0n) is 51.1. The highest BCUT2D eigenvalue weighted by Crippen LogP contribution is 2.53. The molecule has 0 bridgehead atoms. The maximum atomic E-state index is 15.0. The molecule has 474 valence electrons. The minimum Gasteiger partial charge on any atom is -0.434 e. The molecule has 20 nitrogen and oxygen atoms in total. The summed E-state index contributed by atoms with van der Waals surface area (Å²) in [5.41, 5.74) is 1.94. The fraction of sp³-hybridized carbons (Fsp3) is 0.353. The fourth-order valence-electron chi connectivity index (χ4n) is 13.0.